The Bertz CT molecular complexity index is 2880. The van der Waals surface area contributed by atoms with Crippen molar-refractivity contribution < 1.29 is 19.2 Å². The van der Waals surface area contributed by atoms with E-state index in [2.05, 4.69) is 21.9 Å². The Kier molecular flexibility index (Phi) is 11.4. The summed E-state index contributed by atoms with van der Waals surface area (Å²) in [6.45, 7) is 0.834. The van der Waals surface area contributed by atoms with Crippen LogP contribution in [-0.2, 0) is 9.59 Å². The molecule has 15 heteroatoms. The number of hydrogen-bond donors (Lipinski definition) is 0. The molecule has 4 heterocycles. The lowest BCUT2D eigenvalue weighted by molar-refractivity contribution is -0.120. The highest BCUT2D eigenvalue weighted by Gasteiger charge is 2.36. The molecule has 2 aliphatic rings. The van der Waals surface area contributed by atoms with Crippen LogP contribution >= 0.6 is 15.9 Å². The SMILES string of the molecule is C#Cc1ccc(N2CCC(n3ccc(=O)n(C(=O)c4ccccc4)c3=O)C2=O)cc1.O=C1C(n2ccc(=O)n(C(=O)c3ccccc3)c2=O)CCN1c1ccc(Br)cc1. The first-order valence-electron chi connectivity index (χ1n) is 18.3. The molecule has 2 aliphatic heterocycles. The predicted octanol–water partition coefficient (Wildman–Crippen LogP) is 4.10. The lowest BCUT2D eigenvalue weighted by atomic mass is 10.2. The Morgan fingerprint density at radius 2 is 0.932 bits per heavy atom. The van der Waals surface area contributed by atoms with Crippen molar-refractivity contribution >= 4 is 50.9 Å². The van der Waals surface area contributed by atoms with Crippen molar-refractivity contribution in [3.05, 3.63) is 197 Å². The predicted molar refractivity (Wildman–Crippen MR) is 223 cm³/mol. The fraction of sp³-hybridized carbons (Fsp3) is 0.136. The van der Waals surface area contributed by atoms with Gasteiger partial charge >= 0.3 is 11.4 Å². The molecule has 0 radical (unpaired) electrons. The van der Waals surface area contributed by atoms with Gasteiger partial charge in [-0.3, -0.25) is 37.9 Å². The lowest BCUT2D eigenvalue weighted by Crippen LogP contribution is -2.45. The maximum Gasteiger partial charge on any atom is 0.338 e. The summed E-state index contributed by atoms with van der Waals surface area (Å²) in [4.78, 5) is 105. The van der Waals surface area contributed by atoms with Gasteiger partial charge in [-0.05, 0) is 85.6 Å². The van der Waals surface area contributed by atoms with Gasteiger partial charge in [-0.25, -0.2) is 9.59 Å². The van der Waals surface area contributed by atoms with Crippen molar-refractivity contribution in [2.24, 2.45) is 0 Å². The molecule has 0 bridgehead atoms. The average molecular weight is 854 g/mol. The fourth-order valence-corrected chi connectivity index (χ4v) is 7.23. The van der Waals surface area contributed by atoms with E-state index in [1.54, 1.807) is 70.5 Å². The first-order chi connectivity index (χ1) is 28.5. The van der Waals surface area contributed by atoms with Gasteiger partial charge in [0.05, 0.1) is 0 Å². The van der Waals surface area contributed by atoms with Gasteiger partial charge in [0.1, 0.15) is 12.1 Å². The molecule has 2 fully saturated rings. The Morgan fingerprint density at radius 3 is 1.32 bits per heavy atom. The molecule has 0 spiro atoms. The summed E-state index contributed by atoms with van der Waals surface area (Å²) in [6.07, 6.45) is 8.68. The van der Waals surface area contributed by atoms with Crippen LogP contribution in [0.15, 0.2) is 157 Å². The van der Waals surface area contributed by atoms with Crippen LogP contribution in [0, 0.1) is 12.3 Å². The van der Waals surface area contributed by atoms with Gasteiger partial charge in [0.2, 0.25) is 11.8 Å². The summed E-state index contributed by atoms with van der Waals surface area (Å²) in [5, 5.41) is 0. The second kappa shape index (κ2) is 17.0. The van der Waals surface area contributed by atoms with E-state index in [9.17, 15) is 38.4 Å². The molecular weight excluding hydrogens is 820 g/mol. The summed E-state index contributed by atoms with van der Waals surface area (Å²) in [6, 6.07) is 31.1. The van der Waals surface area contributed by atoms with Crippen LogP contribution < -0.4 is 32.3 Å². The first kappa shape index (κ1) is 39.8. The fourth-order valence-electron chi connectivity index (χ4n) is 6.97. The molecule has 294 valence electrons. The minimum absolute atomic E-state index is 0.211. The smallest absolute Gasteiger partial charge is 0.311 e. The van der Waals surface area contributed by atoms with Crippen LogP contribution in [0.2, 0.25) is 0 Å². The molecule has 2 amide bonds. The number of anilines is 2. The highest BCUT2D eigenvalue weighted by atomic mass is 79.9. The minimum Gasteiger partial charge on any atom is -0.311 e. The van der Waals surface area contributed by atoms with Crippen LogP contribution in [0.4, 0.5) is 11.4 Å². The van der Waals surface area contributed by atoms with E-state index in [1.807, 2.05) is 24.3 Å². The number of aromatic nitrogens is 4. The largest absolute Gasteiger partial charge is 0.338 e. The molecule has 2 unspecified atom stereocenters. The highest BCUT2D eigenvalue weighted by Crippen LogP contribution is 2.29. The van der Waals surface area contributed by atoms with Gasteiger partial charge in [0.25, 0.3) is 22.9 Å². The van der Waals surface area contributed by atoms with Crippen molar-refractivity contribution in [2.75, 3.05) is 22.9 Å². The topological polar surface area (TPSA) is 163 Å². The molecule has 0 aliphatic carbocycles. The van der Waals surface area contributed by atoms with E-state index in [1.165, 1.54) is 41.2 Å². The molecule has 2 atom stereocenters. The number of hydrogen-bond acceptors (Lipinski definition) is 8. The van der Waals surface area contributed by atoms with Crippen molar-refractivity contribution in [1.29, 1.82) is 0 Å². The van der Waals surface area contributed by atoms with E-state index < -0.39 is 46.4 Å². The summed E-state index contributed by atoms with van der Waals surface area (Å²) >= 11 is 3.36. The number of halogens is 1. The molecule has 0 N–H and O–H groups in total. The van der Waals surface area contributed by atoms with Crippen LogP contribution in [-0.4, -0.2) is 55.0 Å². The zero-order valence-corrected chi connectivity index (χ0v) is 32.7. The van der Waals surface area contributed by atoms with Crippen LogP contribution in [0.25, 0.3) is 0 Å². The molecular formula is C44H33BrN6O8. The van der Waals surface area contributed by atoms with E-state index in [0.717, 1.165) is 26.9 Å². The number of benzene rings is 4. The molecule has 8 rings (SSSR count). The lowest BCUT2D eigenvalue weighted by Gasteiger charge is -2.18. The van der Waals surface area contributed by atoms with Crippen molar-refractivity contribution in [3.63, 3.8) is 0 Å². The number of amides is 2. The van der Waals surface area contributed by atoms with Crippen LogP contribution in [0.5, 0.6) is 0 Å². The molecule has 2 aromatic heterocycles. The number of nitrogens with zero attached hydrogens (tertiary/aromatic N) is 6. The number of carbonyl (C=O) groups is 4. The van der Waals surface area contributed by atoms with Gasteiger partial charge in [0, 0.05) is 70.2 Å². The number of terminal acetylenes is 1. The van der Waals surface area contributed by atoms with E-state index >= 15 is 0 Å². The second-order valence-electron chi connectivity index (χ2n) is 13.5. The van der Waals surface area contributed by atoms with Gasteiger partial charge in [-0.2, -0.15) is 9.13 Å². The summed E-state index contributed by atoms with van der Waals surface area (Å²) < 4.78 is 4.36. The average Bonchev–Trinajstić information content (AvgIpc) is 3.83. The monoisotopic (exact) mass is 852 g/mol. The zero-order chi connectivity index (χ0) is 41.8. The Morgan fingerprint density at radius 1 is 0.542 bits per heavy atom. The number of rotatable bonds is 6. The third-order valence-electron chi connectivity index (χ3n) is 9.98. The van der Waals surface area contributed by atoms with Gasteiger partial charge in [-0.1, -0.05) is 58.2 Å². The summed E-state index contributed by atoms with van der Waals surface area (Å²) in [5.74, 6) is 0.527. The summed E-state index contributed by atoms with van der Waals surface area (Å²) in [7, 11) is 0. The standard InChI is InChI=1S/C23H17N3O4.C21H16BrN3O4/c1-2-16-8-10-18(11-9-16)24-14-12-19(22(24)29)25-15-13-20(27)26(23(25)30)21(28)17-6-4-3-5-7-17;22-15-6-8-16(9-7-15)23-12-10-17(20(23)28)24-13-11-18(26)25(21(24)29)19(27)14-4-2-1-3-5-14/h1,3-11,13,15,19H,12,14H2;1-9,11,13,17H,10,12H2. The second-order valence-corrected chi connectivity index (χ2v) is 14.4. The third-order valence-corrected chi connectivity index (χ3v) is 10.5. The maximum atomic E-state index is 13.0. The van der Waals surface area contributed by atoms with E-state index in [-0.39, 0.29) is 22.9 Å². The normalized spacial score (nSPS) is 16.0. The van der Waals surface area contributed by atoms with E-state index in [0.29, 0.717) is 46.3 Å². The highest BCUT2D eigenvalue weighted by molar-refractivity contribution is 9.10. The molecule has 14 nitrogen and oxygen atoms in total. The van der Waals surface area contributed by atoms with Gasteiger partial charge in [-0.15, -0.1) is 6.42 Å². The van der Waals surface area contributed by atoms with Crippen molar-refractivity contribution in [2.45, 2.75) is 24.9 Å². The minimum atomic E-state index is -0.834. The van der Waals surface area contributed by atoms with Gasteiger partial charge in [0.15, 0.2) is 0 Å². The Labute approximate surface area is 343 Å². The maximum absolute atomic E-state index is 13.0. The van der Waals surface area contributed by atoms with Crippen molar-refractivity contribution in [1.82, 2.24) is 18.3 Å². The Hall–Kier alpha value is -7.44. The van der Waals surface area contributed by atoms with Crippen LogP contribution in [0.1, 0.15) is 51.2 Å². The quantitative estimate of drug-likeness (QED) is 0.227. The summed E-state index contributed by atoms with van der Waals surface area (Å²) in [5.41, 5.74) is -0.592. The molecule has 2 saturated heterocycles. The Balaban J connectivity index is 0.000000179. The molecule has 59 heavy (non-hydrogen) atoms. The molecule has 6 aromatic rings. The molecule has 0 saturated carbocycles. The number of carbonyl (C=O) groups excluding carboxylic acids is 4. The van der Waals surface area contributed by atoms with Crippen LogP contribution in [0.3, 0.4) is 0 Å². The van der Waals surface area contributed by atoms with Gasteiger partial charge < -0.3 is 9.80 Å². The molecule has 4 aromatic carbocycles. The third kappa shape index (κ3) is 7.94. The van der Waals surface area contributed by atoms with Crippen molar-refractivity contribution in [3.8, 4) is 12.3 Å². The van der Waals surface area contributed by atoms with E-state index in [4.69, 9.17) is 6.42 Å². The first-order valence-corrected chi connectivity index (χ1v) is 19.1. The zero-order valence-electron chi connectivity index (χ0n) is 31.1.